The van der Waals surface area contributed by atoms with E-state index in [1.165, 1.54) is 5.06 Å². The molecule has 0 aromatic heterocycles. The molecule has 1 N–H and O–H groups in total. The lowest BCUT2D eigenvalue weighted by Crippen LogP contribution is -2.62. The van der Waals surface area contributed by atoms with E-state index >= 15 is 0 Å². The number of carbonyl (C=O) groups is 1. The van der Waals surface area contributed by atoms with Crippen molar-refractivity contribution in [1.82, 2.24) is 9.96 Å². The van der Waals surface area contributed by atoms with Gasteiger partial charge >= 0.3 is 5.97 Å². The van der Waals surface area contributed by atoms with Crippen LogP contribution in [0, 0.1) is 0 Å². The largest absolute Gasteiger partial charge is 0.481 e. The van der Waals surface area contributed by atoms with E-state index in [2.05, 4.69) is 11.9 Å². The van der Waals surface area contributed by atoms with Crippen molar-refractivity contribution < 1.29 is 15.1 Å². The molecular weight excluding hydrogens is 256 g/mol. The van der Waals surface area contributed by atoms with E-state index in [9.17, 15) is 10.0 Å². The van der Waals surface area contributed by atoms with Gasteiger partial charge in [-0.1, -0.05) is 0 Å². The van der Waals surface area contributed by atoms with Crippen LogP contribution in [0.15, 0.2) is 0 Å². The third-order valence-electron chi connectivity index (χ3n) is 4.34. The molecule has 1 fully saturated rings. The van der Waals surface area contributed by atoms with E-state index in [0.29, 0.717) is 12.5 Å². The van der Waals surface area contributed by atoms with Crippen molar-refractivity contribution in [1.29, 1.82) is 0 Å². The third kappa shape index (κ3) is 4.43. The molecule has 0 aromatic rings. The molecule has 20 heavy (non-hydrogen) atoms. The van der Waals surface area contributed by atoms with Crippen molar-refractivity contribution in [2.45, 2.75) is 76.9 Å². The van der Waals surface area contributed by atoms with Gasteiger partial charge in [0.05, 0.1) is 0 Å². The first-order valence-corrected chi connectivity index (χ1v) is 7.46. The minimum Gasteiger partial charge on any atom is -0.481 e. The number of nitrogens with zero attached hydrogens (tertiary/aromatic N) is 2. The highest BCUT2D eigenvalue weighted by Gasteiger charge is 2.46. The number of unbranched alkanes of at least 4 members (excludes halogenated alkanes) is 1. The first-order valence-electron chi connectivity index (χ1n) is 7.46. The zero-order valence-electron chi connectivity index (χ0n) is 13.5. The van der Waals surface area contributed by atoms with Crippen LogP contribution in [-0.4, -0.2) is 51.8 Å². The van der Waals surface area contributed by atoms with Crippen LogP contribution < -0.4 is 0 Å². The van der Waals surface area contributed by atoms with Crippen LogP contribution in [-0.2, 0) is 10.0 Å². The van der Waals surface area contributed by atoms with E-state index in [1.54, 1.807) is 0 Å². The Hall–Kier alpha value is -0.650. The Morgan fingerprint density at radius 1 is 1.20 bits per heavy atom. The van der Waals surface area contributed by atoms with Gasteiger partial charge < -0.3 is 10.0 Å². The molecule has 1 aliphatic rings. The van der Waals surface area contributed by atoms with Crippen LogP contribution in [0.3, 0.4) is 0 Å². The second-order valence-electron chi connectivity index (χ2n) is 7.31. The molecule has 0 aromatic carbocycles. The van der Waals surface area contributed by atoms with E-state index in [4.69, 9.17) is 5.11 Å². The highest BCUT2D eigenvalue weighted by molar-refractivity contribution is 5.66. The number of hydroxylamine groups is 2. The second kappa shape index (κ2) is 6.41. The summed E-state index contributed by atoms with van der Waals surface area (Å²) in [4.78, 5) is 12.8. The van der Waals surface area contributed by atoms with Crippen molar-refractivity contribution >= 4 is 5.97 Å². The summed E-state index contributed by atoms with van der Waals surface area (Å²) in [6, 6.07) is 0.384. The maximum Gasteiger partial charge on any atom is 0.303 e. The molecule has 1 heterocycles. The molecule has 0 spiro atoms. The smallest absolute Gasteiger partial charge is 0.303 e. The molecule has 1 aliphatic heterocycles. The first kappa shape index (κ1) is 17.4. The molecule has 0 saturated carbocycles. The lowest BCUT2D eigenvalue weighted by atomic mass is 9.78. The lowest BCUT2D eigenvalue weighted by molar-refractivity contribution is -0.294. The molecule has 1 radical (unpaired) electrons. The van der Waals surface area contributed by atoms with Crippen molar-refractivity contribution in [3.05, 3.63) is 0 Å². The molecule has 0 atom stereocenters. The summed E-state index contributed by atoms with van der Waals surface area (Å²) in [7, 11) is 2.08. The average molecular weight is 285 g/mol. The fraction of sp³-hybridized carbons (Fsp3) is 0.933. The van der Waals surface area contributed by atoms with Crippen molar-refractivity contribution in [2.75, 3.05) is 13.6 Å². The summed E-state index contributed by atoms with van der Waals surface area (Å²) in [5, 5.41) is 22.2. The lowest BCUT2D eigenvalue weighted by Gasteiger charge is -2.51. The standard InChI is InChI=1S/C15H29N2O3/c1-14(2)10-12(11-15(3,4)17(14)20)16(5)9-7-6-8-13(18)19/h12H,6-11H2,1-5H3,(H,18,19). The molecule has 1 saturated heterocycles. The number of carboxylic acids is 1. The topological polar surface area (TPSA) is 63.7 Å². The molecule has 0 bridgehead atoms. The zero-order chi connectivity index (χ0) is 15.6. The van der Waals surface area contributed by atoms with Gasteiger partial charge in [-0.2, -0.15) is 0 Å². The average Bonchev–Trinajstić information content (AvgIpc) is 2.30. The third-order valence-corrected chi connectivity index (χ3v) is 4.34. The molecule has 1 rings (SSSR count). The Balaban J connectivity index is 2.52. The van der Waals surface area contributed by atoms with Gasteiger partial charge in [0.15, 0.2) is 0 Å². The van der Waals surface area contributed by atoms with E-state index in [-0.39, 0.29) is 17.5 Å². The van der Waals surface area contributed by atoms with Gasteiger partial charge in [0.25, 0.3) is 0 Å². The Morgan fingerprint density at radius 2 is 1.70 bits per heavy atom. The van der Waals surface area contributed by atoms with Crippen LogP contribution in [0.2, 0.25) is 0 Å². The number of carboxylic acid groups (broad SMARTS) is 1. The predicted molar refractivity (Wildman–Crippen MR) is 77.8 cm³/mol. The Bertz CT molecular complexity index is 324. The maximum atomic E-state index is 12.3. The fourth-order valence-electron chi connectivity index (χ4n) is 3.34. The van der Waals surface area contributed by atoms with Crippen molar-refractivity contribution in [3.63, 3.8) is 0 Å². The fourth-order valence-corrected chi connectivity index (χ4v) is 3.34. The SMILES string of the molecule is CN(CCCCC(=O)O)C1CC(C)(C)N([O])C(C)(C)C1. The van der Waals surface area contributed by atoms with Gasteiger partial charge in [0.2, 0.25) is 0 Å². The molecule has 0 unspecified atom stereocenters. The van der Waals surface area contributed by atoms with Gasteiger partial charge in [-0.05, 0) is 67.0 Å². The molecular formula is C15H29N2O3. The number of aliphatic carboxylic acids is 1. The first-order chi connectivity index (χ1) is 9.06. The highest BCUT2D eigenvalue weighted by Crippen LogP contribution is 2.38. The van der Waals surface area contributed by atoms with Crippen LogP contribution in [0.4, 0.5) is 0 Å². The summed E-state index contributed by atoms with van der Waals surface area (Å²) in [5.74, 6) is -0.727. The Labute approximate surface area is 122 Å². The second-order valence-corrected chi connectivity index (χ2v) is 7.31. The summed E-state index contributed by atoms with van der Waals surface area (Å²) < 4.78 is 0. The Kier molecular flexibility index (Phi) is 5.58. The van der Waals surface area contributed by atoms with E-state index in [1.807, 2.05) is 27.7 Å². The number of hydrogen-bond donors (Lipinski definition) is 1. The highest BCUT2D eigenvalue weighted by atomic mass is 16.5. The van der Waals surface area contributed by atoms with Crippen molar-refractivity contribution in [2.24, 2.45) is 0 Å². The van der Waals surface area contributed by atoms with Gasteiger partial charge in [0.1, 0.15) is 0 Å². The molecule has 117 valence electrons. The summed E-state index contributed by atoms with van der Waals surface area (Å²) >= 11 is 0. The number of hydrogen-bond acceptors (Lipinski definition) is 3. The van der Waals surface area contributed by atoms with Gasteiger partial charge in [0, 0.05) is 23.5 Å². The van der Waals surface area contributed by atoms with E-state index < -0.39 is 5.97 Å². The predicted octanol–water partition coefficient (Wildman–Crippen LogP) is 2.54. The monoisotopic (exact) mass is 285 g/mol. The van der Waals surface area contributed by atoms with Gasteiger partial charge in [-0.15, -0.1) is 10.3 Å². The number of piperidine rings is 1. The van der Waals surface area contributed by atoms with Crippen LogP contribution in [0.5, 0.6) is 0 Å². The summed E-state index contributed by atoms with van der Waals surface area (Å²) in [5.41, 5.74) is -0.691. The minimum absolute atomic E-state index is 0.240. The van der Waals surface area contributed by atoms with Crippen LogP contribution in [0.25, 0.3) is 0 Å². The number of rotatable bonds is 6. The van der Waals surface area contributed by atoms with E-state index in [0.717, 1.165) is 25.8 Å². The quantitative estimate of drug-likeness (QED) is 0.762. The molecule has 5 nitrogen and oxygen atoms in total. The minimum atomic E-state index is -0.727. The summed E-state index contributed by atoms with van der Waals surface area (Å²) in [6.45, 7) is 8.92. The molecule has 0 amide bonds. The van der Waals surface area contributed by atoms with Gasteiger partial charge in [-0.3, -0.25) is 4.79 Å². The summed E-state index contributed by atoms with van der Waals surface area (Å²) in [6.07, 6.45) is 3.56. The van der Waals surface area contributed by atoms with Crippen LogP contribution >= 0.6 is 0 Å². The maximum absolute atomic E-state index is 12.3. The van der Waals surface area contributed by atoms with Crippen LogP contribution in [0.1, 0.15) is 59.8 Å². The Morgan fingerprint density at radius 3 is 2.15 bits per heavy atom. The van der Waals surface area contributed by atoms with Gasteiger partial charge in [-0.25, -0.2) is 0 Å². The normalized spacial score (nSPS) is 23.1. The molecule has 0 aliphatic carbocycles. The van der Waals surface area contributed by atoms with Crippen molar-refractivity contribution in [3.8, 4) is 0 Å². The molecule has 5 heteroatoms. The zero-order valence-corrected chi connectivity index (χ0v) is 13.5.